The van der Waals surface area contributed by atoms with Gasteiger partial charge in [0.15, 0.2) is 0 Å². The number of hydrogen-bond donors (Lipinski definition) is 1. The molecule has 2 aromatic carbocycles. The highest BCUT2D eigenvalue weighted by atomic mass is 16.1. The van der Waals surface area contributed by atoms with E-state index in [2.05, 4.69) is 32.3 Å². The minimum atomic E-state index is 0.0196. The molecule has 4 rings (SSSR count). The lowest BCUT2D eigenvalue weighted by Crippen LogP contribution is -2.39. The van der Waals surface area contributed by atoms with E-state index in [4.69, 9.17) is 0 Å². The summed E-state index contributed by atoms with van der Waals surface area (Å²) >= 11 is 0. The van der Waals surface area contributed by atoms with Crippen LogP contribution >= 0.6 is 0 Å². The van der Waals surface area contributed by atoms with Crippen molar-refractivity contribution in [2.75, 3.05) is 23.3 Å². The summed E-state index contributed by atoms with van der Waals surface area (Å²) in [6, 6.07) is 16.1. The number of anilines is 2. The number of nitrogens with zero attached hydrogens (tertiary/aromatic N) is 3. The number of hydrogen-bond acceptors (Lipinski definition) is 4. The number of amides is 1. The van der Waals surface area contributed by atoms with Gasteiger partial charge in [0.1, 0.15) is 0 Å². The van der Waals surface area contributed by atoms with Gasteiger partial charge in [-0.1, -0.05) is 36.4 Å². The van der Waals surface area contributed by atoms with Crippen LogP contribution in [0.15, 0.2) is 48.5 Å². The van der Waals surface area contributed by atoms with Gasteiger partial charge in [0.05, 0.1) is 0 Å². The van der Waals surface area contributed by atoms with Crippen LogP contribution in [-0.2, 0) is 4.79 Å². The second-order valence-electron chi connectivity index (χ2n) is 7.23. The molecule has 1 fully saturated rings. The number of carbonyl (C=O) groups is 1. The molecular weight excluding hydrogens is 336 g/mol. The third-order valence-corrected chi connectivity index (χ3v) is 5.17. The molecule has 0 aliphatic carbocycles. The molecule has 0 radical (unpaired) electrons. The van der Waals surface area contributed by atoms with E-state index >= 15 is 0 Å². The number of rotatable bonds is 3. The number of nitrogens with one attached hydrogen (secondary N) is 1. The number of carbonyl (C=O) groups excluding carboxylic acids is 1. The molecule has 1 saturated heterocycles. The molecule has 1 aromatic heterocycles. The average Bonchev–Trinajstić information content (AvgIpc) is 2.68. The molecule has 0 spiro atoms. The summed E-state index contributed by atoms with van der Waals surface area (Å²) in [5.74, 6) is 0.902. The summed E-state index contributed by atoms with van der Waals surface area (Å²) in [5, 5.41) is 5.35. The molecule has 2 heterocycles. The first-order valence-corrected chi connectivity index (χ1v) is 9.46. The molecule has 138 valence electrons. The van der Waals surface area contributed by atoms with Crippen molar-refractivity contribution >= 4 is 28.3 Å². The molecule has 1 aliphatic heterocycles. The van der Waals surface area contributed by atoms with Crippen molar-refractivity contribution < 1.29 is 4.79 Å². The van der Waals surface area contributed by atoms with Crippen LogP contribution in [0.2, 0.25) is 0 Å². The predicted molar refractivity (Wildman–Crippen MR) is 109 cm³/mol. The van der Waals surface area contributed by atoms with Crippen LogP contribution < -0.4 is 10.2 Å². The van der Waals surface area contributed by atoms with Gasteiger partial charge in [-0.15, -0.1) is 0 Å². The Balaban J connectivity index is 1.42. The minimum Gasteiger partial charge on any atom is -0.341 e. The third kappa shape index (κ3) is 3.77. The van der Waals surface area contributed by atoms with Gasteiger partial charge >= 0.3 is 0 Å². The van der Waals surface area contributed by atoms with Crippen molar-refractivity contribution in [3.8, 4) is 0 Å². The van der Waals surface area contributed by atoms with E-state index in [1.807, 2.05) is 50.2 Å². The molecule has 3 aromatic rings. The van der Waals surface area contributed by atoms with Crippen molar-refractivity contribution in [2.24, 2.45) is 5.92 Å². The Labute approximate surface area is 159 Å². The molecule has 0 atom stereocenters. The quantitative estimate of drug-likeness (QED) is 0.764. The lowest BCUT2D eigenvalue weighted by molar-refractivity contribution is -0.120. The lowest BCUT2D eigenvalue weighted by atomic mass is 9.95. The van der Waals surface area contributed by atoms with Gasteiger partial charge in [-0.2, -0.15) is 0 Å². The Bertz CT molecular complexity index is 951. The summed E-state index contributed by atoms with van der Waals surface area (Å²) in [6.45, 7) is 5.58. The smallest absolute Gasteiger partial charge is 0.227 e. The summed E-state index contributed by atoms with van der Waals surface area (Å²) in [5.41, 5.74) is 2.85. The number of fused-ring (bicyclic) bond motifs is 1. The maximum atomic E-state index is 12.8. The van der Waals surface area contributed by atoms with E-state index in [-0.39, 0.29) is 11.8 Å². The first kappa shape index (κ1) is 17.5. The molecule has 0 saturated carbocycles. The Kier molecular flexibility index (Phi) is 4.75. The van der Waals surface area contributed by atoms with Gasteiger partial charge in [-0.3, -0.25) is 4.79 Å². The maximum Gasteiger partial charge on any atom is 0.227 e. The average molecular weight is 360 g/mol. The summed E-state index contributed by atoms with van der Waals surface area (Å²) in [4.78, 5) is 24.1. The number of piperidine rings is 1. The molecule has 27 heavy (non-hydrogen) atoms. The Morgan fingerprint density at radius 3 is 2.41 bits per heavy atom. The highest BCUT2D eigenvalue weighted by Crippen LogP contribution is 2.26. The van der Waals surface area contributed by atoms with E-state index < -0.39 is 0 Å². The number of aryl methyl sites for hydroxylation is 2. The van der Waals surface area contributed by atoms with Gasteiger partial charge in [0.25, 0.3) is 0 Å². The highest BCUT2D eigenvalue weighted by Gasteiger charge is 2.26. The SMILES string of the molecule is Cc1cc(C)nc(N2CCC(C(=O)Nc3cccc4ccccc34)CC2)n1. The van der Waals surface area contributed by atoms with E-state index in [9.17, 15) is 4.79 Å². The van der Waals surface area contributed by atoms with Crippen LogP contribution in [0.3, 0.4) is 0 Å². The molecule has 1 aliphatic rings. The zero-order chi connectivity index (χ0) is 18.8. The van der Waals surface area contributed by atoms with Crippen molar-refractivity contribution in [1.82, 2.24) is 9.97 Å². The molecule has 1 amide bonds. The van der Waals surface area contributed by atoms with Crippen LogP contribution in [0.25, 0.3) is 10.8 Å². The molecule has 0 unspecified atom stereocenters. The van der Waals surface area contributed by atoms with Gasteiger partial charge in [0, 0.05) is 41.5 Å². The first-order chi connectivity index (χ1) is 13.1. The Morgan fingerprint density at radius 1 is 1.00 bits per heavy atom. The standard InChI is InChI=1S/C22H24N4O/c1-15-14-16(2)24-22(23-15)26-12-10-18(11-13-26)21(27)25-20-9-5-7-17-6-3-4-8-19(17)20/h3-9,14,18H,10-13H2,1-2H3,(H,25,27). The number of benzene rings is 2. The van der Waals surface area contributed by atoms with Gasteiger partial charge in [-0.25, -0.2) is 9.97 Å². The van der Waals surface area contributed by atoms with Crippen molar-refractivity contribution in [1.29, 1.82) is 0 Å². The largest absolute Gasteiger partial charge is 0.341 e. The lowest BCUT2D eigenvalue weighted by Gasteiger charge is -2.31. The molecule has 0 bridgehead atoms. The van der Waals surface area contributed by atoms with Crippen molar-refractivity contribution in [2.45, 2.75) is 26.7 Å². The monoisotopic (exact) mass is 360 g/mol. The third-order valence-electron chi connectivity index (χ3n) is 5.17. The normalized spacial score (nSPS) is 15.1. The topological polar surface area (TPSA) is 58.1 Å². The van der Waals surface area contributed by atoms with E-state index in [0.717, 1.165) is 59.7 Å². The van der Waals surface area contributed by atoms with Gasteiger partial charge < -0.3 is 10.2 Å². The van der Waals surface area contributed by atoms with Gasteiger partial charge in [0.2, 0.25) is 11.9 Å². The zero-order valence-electron chi connectivity index (χ0n) is 15.8. The van der Waals surface area contributed by atoms with Gasteiger partial charge in [-0.05, 0) is 44.2 Å². The van der Waals surface area contributed by atoms with Crippen LogP contribution in [0.5, 0.6) is 0 Å². The summed E-state index contributed by atoms with van der Waals surface area (Å²) in [7, 11) is 0. The molecular formula is C22H24N4O. The van der Waals surface area contributed by atoms with Crippen LogP contribution in [0.4, 0.5) is 11.6 Å². The van der Waals surface area contributed by atoms with Crippen molar-refractivity contribution in [3.63, 3.8) is 0 Å². The Hall–Kier alpha value is -2.95. The zero-order valence-corrected chi connectivity index (χ0v) is 15.8. The van der Waals surface area contributed by atoms with Crippen molar-refractivity contribution in [3.05, 3.63) is 59.9 Å². The fourth-order valence-electron chi connectivity index (χ4n) is 3.76. The maximum absolute atomic E-state index is 12.8. The molecule has 5 nitrogen and oxygen atoms in total. The fraction of sp³-hybridized carbons (Fsp3) is 0.318. The minimum absolute atomic E-state index is 0.0196. The first-order valence-electron chi connectivity index (χ1n) is 9.46. The predicted octanol–water partition coefficient (Wildman–Crippen LogP) is 4.10. The highest BCUT2D eigenvalue weighted by molar-refractivity contribution is 6.02. The molecule has 1 N–H and O–H groups in total. The van der Waals surface area contributed by atoms with E-state index in [0.29, 0.717) is 0 Å². The van der Waals surface area contributed by atoms with E-state index in [1.54, 1.807) is 0 Å². The van der Waals surface area contributed by atoms with Crippen LogP contribution in [0.1, 0.15) is 24.2 Å². The number of aromatic nitrogens is 2. The second-order valence-corrected chi connectivity index (χ2v) is 7.23. The fourth-order valence-corrected chi connectivity index (χ4v) is 3.76. The van der Waals surface area contributed by atoms with Crippen LogP contribution in [0, 0.1) is 19.8 Å². The summed E-state index contributed by atoms with van der Waals surface area (Å²) < 4.78 is 0. The second kappa shape index (κ2) is 7.35. The Morgan fingerprint density at radius 2 is 1.67 bits per heavy atom. The van der Waals surface area contributed by atoms with E-state index in [1.165, 1.54) is 0 Å². The summed E-state index contributed by atoms with van der Waals surface area (Å²) in [6.07, 6.45) is 1.62. The molecule has 5 heteroatoms. The van der Waals surface area contributed by atoms with Crippen LogP contribution in [-0.4, -0.2) is 29.0 Å².